The lowest BCUT2D eigenvalue weighted by molar-refractivity contribution is 0.342. The highest BCUT2D eigenvalue weighted by Crippen LogP contribution is 2.41. The van der Waals surface area contributed by atoms with Crippen molar-refractivity contribution in [3.8, 4) is 45.7 Å². The third kappa shape index (κ3) is 20.7. The maximum atomic E-state index is 13.4. The maximum Gasteiger partial charge on any atom is 0.174 e. The number of ether oxygens (including phenoxy) is 4. The molecule has 8 atom stereocenters. The Morgan fingerprint density at radius 2 is 0.485 bits per heavy atom. The number of imidazole rings is 4. The molecule has 0 fully saturated rings. The molecular formula is C104H104F4N20O4. The van der Waals surface area contributed by atoms with Crippen LogP contribution in [0.5, 0.6) is 23.0 Å². The Hall–Kier alpha value is -15.0. The molecule has 8 aromatic heterocycles. The Morgan fingerprint density at radius 3 is 0.667 bits per heavy atom. The van der Waals surface area contributed by atoms with E-state index in [1.54, 1.807) is 53.7 Å². The van der Waals surface area contributed by atoms with Gasteiger partial charge in [0.05, 0.1) is 99.3 Å². The minimum atomic E-state index is -0.225. The van der Waals surface area contributed by atoms with Gasteiger partial charge in [-0.15, -0.1) is 0 Å². The zero-order valence-electron chi connectivity index (χ0n) is 75.8. The van der Waals surface area contributed by atoms with E-state index in [9.17, 15) is 17.6 Å². The highest BCUT2D eigenvalue weighted by atomic mass is 19.1. The summed E-state index contributed by atoms with van der Waals surface area (Å²) in [6.07, 6.45) is 34.5. The zero-order chi connectivity index (χ0) is 91.8. The Morgan fingerprint density at radius 1 is 0.280 bits per heavy atom. The molecule has 4 aliphatic rings. The van der Waals surface area contributed by atoms with Crippen LogP contribution in [0.15, 0.2) is 220 Å². The molecule has 0 N–H and O–H groups in total. The van der Waals surface area contributed by atoms with Gasteiger partial charge in [0.2, 0.25) is 0 Å². The molecule has 12 heterocycles. The lowest BCUT2D eigenvalue weighted by Crippen LogP contribution is -2.24. The van der Waals surface area contributed by atoms with Crippen LogP contribution in [-0.2, 0) is 26.2 Å². The molecule has 20 rings (SSSR count). The number of halogens is 4. The summed E-state index contributed by atoms with van der Waals surface area (Å²) in [5.41, 5.74) is 15.8. The molecule has 132 heavy (non-hydrogen) atoms. The van der Waals surface area contributed by atoms with Crippen molar-refractivity contribution in [1.82, 2.24) is 97.3 Å². The quantitative estimate of drug-likeness (QED) is 0.0646. The van der Waals surface area contributed by atoms with E-state index in [2.05, 4.69) is 47.6 Å². The van der Waals surface area contributed by atoms with E-state index in [0.717, 1.165) is 188 Å². The van der Waals surface area contributed by atoms with E-state index >= 15 is 0 Å². The Kier molecular flexibility index (Phi) is 26.7. The average Bonchev–Trinajstić information content (AvgIpc) is 1.64. The Bertz CT molecular complexity index is 6030. The number of aromatic nitrogens is 20. The highest BCUT2D eigenvalue weighted by Gasteiger charge is 2.34. The highest BCUT2D eigenvalue weighted by molar-refractivity contribution is 5.73. The minimum Gasteiger partial charge on any atom is -0.495 e. The fourth-order valence-electron chi connectivity index (χ4n) is 17.7. The number of hydrogen-bond donors (Lipinski definition) is 0. The van der Waals surface area contributed by atoms with Gasteiger partial charge in [0.25, 0.3) is 0 Å². The van der Waals surface area contributed by atoms with Crippen molar-refractivity contribution in [3.63, 3.8) is 0 Å². The number of nitrogens with zero attached hydrogens (tertiary/aromatic N) is 20. The first-order chi connectivity index (χ1) is 64.0. The second kappa shape index (κ2) is 39.6. The van der Waals surface area contributed by atoms with Gasteiger partial charge in [0.15, 0.2) is 23.3 Å². The summed E-state index contributed by atoms with van der Waals surface area (Å²) in [4.78, 5) is 36.4. The third-order valence-electron chi connectivity index (χ3n) is 24.2. The summed E-state index contributed by atoms with van der Waals surface area (Å²) < 4.78 is 91.8. The molecular weight excluding hydrogens is 1670 g/mol. The van der Waals surface area contributed by atoms with Gasteiger partial charge in [-0.25, -0.2) is 76.2 Å². The normalized spacial score (nSPS) is 17.9. The summed E-state index contributed by atoms with van der Waals surface area (Å²) >= 11 is 0. The summed E-state index contributed by atoms with van der Waals surface area (Å²) in [5, 5.41) is 18.9. The van der Waals surface area contributed by atoms with Crippen LogP contribution in [0.1, 0.15) is 191 Å². The number of methoxy groups -OCH3 is 4. The zero-order valence-corrected chi connectivity index (χ0v) is 75.8. The predicted molar refractivity (Wildman–Crippen MR) is 503 cm³/mol. The topological polar surface area (TPSA) is 231 Å². The van der Waals surface area contributed by atoms with Crippen molar-refractivity contribution in [3.05, 3.63) is 357 Å². The van der Waals surface area contributed by atoms with Crippen LogP contribution in [0.3, 0.4) is 0 Å². The smallest absolute Gasteiger partial charge is 0.174 e. The van der Waals surface area contributed by atoms with Crippen LogP contribution in [0.25, 0.3) is 71.4 Å². The van der Waals surface area contributed by atoms with Gasteiger partial charge in [0.1, 0.15) is 69.6 Å². The number of rotatable bonds is 20. The summed E-state index contributed by atoms with van der Waals surface area (Å²) in [6.45, 7) is 20.0. The first-order valence-electron chi connectivity index (χ1n) is 44.3. The second-order valence-corrected chi connectivity index (χ2v) is 34.6. The predicted octanol–water partition coefficient (Wildman–Crippen LogP) is 21.0. The van der Waals surface area contributed by atoms with Crippen LogP contribution in [0.4, 0.5) is 17.6 Å². The van der Waals surface area contributed by atoms with E-state index in [1.165, 1.54) is 48.5 Å². The molecule has 4 aliphatic heterocycles. The van der Waals surface area contributed by atoms with Gasteiger partial charge in [-0.1, -0.05) is 125 Å². The molecule has 8 aromatic carbocycles. The Labute approximate surface area is 764 Å². The Balaban J connectivity index is 0.000000123. The van der Waals surface area contributed by atoms with E-state index in [4.69, 9.17) is 59.3 Å². The molecule has 672 valence electrons. The summed E-state index contributed by atoms with van der Waals surface area (Å²) in [5.74, 6) is 10.9. The molecule has 24 nitrogen and oxygen atoms in total. The van der Waals surface area contributed by atoms with Crippen molar-refractivity contribution < 1.29 is 36.5 Å². The second-order valence-electron chi connectivity index (χ2n) is 34.6. The standard InChI is InChI=1S/4C26H26FN5O/c4*1-17-12-22(20-6-8-21(27)9-7-20)26-29-25(30-32(26)14-17)11-5-19-4-10-23(24(13-19)33-3)31-15-18(2)28-16-31/h4*4-11,13,15-17,22H,12,14H2,1-3H3/b4*11-5+/t2*17-,22+;2*17-,22-/m1010/s1. The largest absolute Gasteiger partial charge is 0.495 e. The number of aryl methyl sites for hydroxylation is 4. The molecule has 0 unspecified atom stereocenters. The monoisotopic (exact) mass is 1770 g/mol. The van der Waals surface area contributed by atoms with Crippen molar-refractivity contribution in [2.75, 3.05) is 28.4 Å². The number of benzene rings is 8. The van der Waals surface area contributed by atoms with Gasteiger partial charge in [-0.05, 0) is 243 Å². The van der Waals surface area contributed by atoms with Gasteiger partial charge in [0, 0.05) is 74.6 Å². The van der Waals surface area contributed by atoms with Crippen molar-refractivity contribution in [2.24, 2.45) is 23.7 Å². The molecule has 0 radical (unpaired) electrons. The molecule has 0 bridgehead atoms. The molecule has 0 spiro atoms. The molecule has 28 heteroatoms. The molecule has 0 saturated heterocycles. The lowest BCUT2D eigenvalue weighted by atomic mass is 9.86. The molecule has 16 aromatic rings. The third-order valence-corrected chi connectivity index (χ3v) is 24.2. The van der Waals surface area contributed by atoms with Gasteiger partial charge < -0.3 is 37.2 Å². The van der Waals surface area contributed by atoms with E-state index in [1.807, 2.05) is 259 Å². The van der Waals surface area contributed by atoms with E-state index in [-0.39, 0.29) is 46.9 Å². The number of fused-ring (bicyclic) bond motifs is 4. The van der Waals surface area contributed by atoms with Gasteiger partial charge in [-0.2, -0.15) is 20.4 Å². The molecule has 0 saturated carbocycles. The molecule has 0 aliphatic carbocycles. The van der Waals surface area contributed by atoms with Crippen molar-refractivity contribution in [2.45, 2.75) is 131 Å². The van der Waals surface area contributed by atoms with Gasteiger partial charge in [-0.3, -0.25) is 0 Å². The average molecular weight is 1770 g/mol. The first kappa shape index (κ1) is 89.0. The van der Waals surface area contributed by atoms with Crippen LogP contribution in [0, 0.1) is 74.6 Å². The summed E-state index contributed by atoms with van der Waals surface area (Å²) in [6, 6.07) is 51.0. The summed E-state index contributed by atoms with van der Waals surface area (Å²) in [7, 11) is 6.66. The first-order valence-corrected chi connectivity index (χ1v) is 44.3. The van der Waals surface area contributed by atoms with E-state index < -0.39 is 0 Å². The van der Waals surface area contributed by atoms with Gasteiger partial charge >= 0.3 is 0 Å². The van der Waals surface area contributed by atoms with Crippen LogP contribution in [0.2, 0.25) is 0 Å². The van der Waals surface area contributed by atoms with Crippen LogP contribution in [-0.4, -0.2) is 126 Å². The maximum absolute atomic E-state index is 13.4. The lowest BCUT2D eigenvalue weighted by Gasteiger charge is -2.27. The van der Waals surface area contributed by atoms with E-state index in [0.29, 0.717) is 47.0 Å². The van der Waals surface area contributed by atoms with Crippen molar-refractivity contribution in [1.29, 1.82) is 0 Å². The minimum absolute atomic E-state index is 0.113. The van der Waals surface area contributed by atoms with Crippen LogP contribution >= 0.6 is 0 Å². The number of hydrogen-bond acceptors (Lipinski definition) is 16. The fourth-order valence-corrected chi connectivity index (χ4v) is 17.7. The fraction of sp³-hybridized carbons (Fsp3) is 0.269. The van der Waals surface area contributed by atoms with Crippen molar-refractivity contribution >= 4 is 48.6 Å². The molecule has 0 amide bonds. The SMILES string of the molecule is COc1cc(/C=C/c2nc3n(n2)C[C@@H](C)C[C@@H]3c2ccc(F)cc2)ccc1-n1cnc(C)c1.COc1cc(/C=C/c2nc3n(n2)C[C@@H](C)C[C@H]3c2ccc(F)cc2)ccc1-n1cnc(C)c1.COc1cc(/C=C/c2nc3n(n2)C[C@H](C)C[C@@H]3c2ccc(F)cc2)ccc1-n1cnc(C)c1.COc1cc(/C=C/c2nc3n(n2)C[C@H](C)C[C@H]3c2ccc(F)cc2)ccc1-n1cnc(C)c1. The van der Waals surface area contributed by atoms with Crippen LogP contribution < -0.4 is 18.9 Å².